The second-order valence-corrected chi connectivity index (χ2v) is 2.89. The SMILES string of the molecule is O=C(O)CCC1=NNC(OS)NC1O. The van der Waals surface area contributed by atoms with Gasteiger partial charge in [-0.2, -0.15) is 5.10 Å². The monoisotopic (exact) mass is 221 g/mol. The van der Waals surface area contributed by atoms with Gasteiger partial charge in [0, 0.05) is 6.42 Å². The molecular weight excluding hydrogens is 210 g/mol. The second kappa shape index (κ2) is 5.15. The van der Waals surface area contributed by atoms with Crippen LogP contribution in [0.2, 0.25) is 0 Å². The molecule has 0 aromatic heterocycles. The topological polar surface area (TPSA) is 103 Å². The molecule has 0 bridgehead atoms. The molecule has 2 unspecified atom stereocenters. The van der Waals surface area contributed by atoms with E-state index >= 15 is 0 Å². The summed E-state index contributed by atoms with van der Waals surface area (Å²) in [6.07, 6.45) is -1.59. The highest BCUT2D eigenvalue weighted by Gasteiger charge is 2.22. The van der Waals surface area contributed by atoms with Crippen LogP contribution in [0.15, 0.2) is 5.10 Å². The number of aliphatic hydroxyl groups excluding tert-OH is 1. The molecule has 1 heterocycles. The number of hydrogen-bond acceptors (Lipinski definition) is 7. The summed E-state index contributed by atoms with van der Waals surface area (Å²) >= 11 is 3.52. The van der Waals surface area contributed by atoms with Crippen LogP contribution in [0.4, 0.5) is 0 Å². The van der Waals surface area contributed by atoms with Crippen LogP contribution in [0.3, 0.4) is 0 Å². The minimum absolute atomic E-state index is 0.0777. The zero-order valence-electron chi connectivity index (χ0n) is 7.17. The third kappa shape index (κ3) is 3.14. The van der Waals surface area contributed by atoms with Crippen LogP contribution in [0.5, 0.6) is 0 Å². The quantitative estimate of drug-likeness (QED) is 0.304. The van der Waals surface area contributed by atoms with Crippen LogP contribution in [-0.4, -0.2) is 34.5 Å². The molecule has 8 heteroatoms. The van der Waals surface area contributed by atoms with Crippen molar-refractivity contribution in [1.82, 2.24) is 10.7 Å². The Morgan fingerprint density at radius 3 is 2.93 bits per heavy atom. The van der Waals surface area contributed by atoms with Gasteiger partial charge in [0.2, 0.25) is 6.35 Å². The first-order valence-electron chi connectivity index (χ1n) is 3.91. The zero-order chi connectivity index (χ0) is 10.6. The van der Waals surface area contributed by atoms with E-state index in [0.717, 1.165) is 0 Å². The number of nitrogens with one attached hydrogen (secondary N) is 2. The Hall–Kier alpha value is -0.830. The van der Waals surface area contributed by atoms with Crippen molar-refractivity contribution in [1.29, 1.82) is 0 Å². The molecule has 0 radical (unpaired) electrons. The van der Waals surface area contributed by atoms with Crippen LogP contribution in [-0.2, 0) is 8.98 Å². The van der Waals surface area contributed by atoms with Gasteiger partial charge in [-0.3, -0.25) is 14.4 Å². The highest BCUT2D eigenvalue weighted by molar-refractivity contribution is 7.75. The number of nitrogens with zero attached hydrogens (tertiary/aromatic N) is 1. The van der Waals surface area contributed by atoms with Gasteiger partial charge in [0.25, 0.3) is 0 Å². The molecule has 0 aromatic carbocycles. The van der Waals surface area contributed by atoms with Crippen molar-refractivity contribution in [2.75, 3.05) is 0 Å². The number of carbonyl (C=O) groups is 1. The van der Waals surface area contributed by atoms with E-state index in [2.05, 4.69) is 32.9 Å². The fourth-order valence-corrected chi connectivity index (χ4v) is 1.07. The number of rotatable bonds is 4. The number of carboxylic acids is 1. The van der Waals surface area contributed by atoms with Crippen molar-refractivity contribution in [2.24, 2.45) is 5.10 Å². The Morgan fingerprint density at radius 1 is 1.71 bits per heavy atom. The van der Waals surface area contributed by atoms with E-state index in [9.17, 15) is 9.90 Å². The van der Waals surface area contributed by atoms with Gasteiger partial charge in [-0.25, -0.2) is 5.32 Å². The van der Waals surface area contributed by atoms with Gasteiger partial charge in [-0.05, 0) is 12.9 Å². The van der Waals surface area contributed by atoms with E-state index in [-0.39, 0.29) is 12.8 Å². The number of hydrazone groups is 1. The summed E-state index contributed by atoms with van der Waals surface area (Å²) in [7, 11) is 0. The summed E-state index contributed by atoms with van der Waals surface area (Å²) in [6.45, 7) is 0. The van der Waals surface area contributed by atoms with Crippen LogP contribution in [0.1, 0.15) is 12.8 Å². The number of aliphatic carboxylic acids is 1. The van der Waals surface area contributed by atoms with Gasteiger partial charge in [-0.15, -0.1) is 0 Å². The Labute approximate surface area is 85.8 Å². The summed E-state index contributed by atoms with van der Waals surface area (Å²) in [5, 5.41) is 24.1. The van der Waals surface area contributed by atoms with Crippen molar-refractivity contribution >= 4 is 24.6 Å². The first-order chi connectivity index (χ1) is 6.63. The third-order valence-corrected chi connectivity index (χ3v) is 1.86. The molecule has 0 aromatic rings. The molecule has 0 amide bonds. The van der Waals surface area contributed by atoms with Gasteiger partial charge >= 0.3 is 5.97 Å². The highest BCUT2D eigenvalue weighted by Crippen LogP contribution is 2.03. The van der Waals surface area contributed by atoms with Gasteiger partial charge in [0.15, 0.2) is 0 Å². The van der Waals surface area contributed by atoms with Crippen molar-refractivity contribution in [3.8, 4) is 0 Å². The fraction of sp³-hybridized carbons (Fsp3) is 0.667. The predicted molar refractivity (Wildman–Crippen MR) is 50.4 cm³/mol. The van der Waals surface area contributed by atoms with Crippen LogP contribution >= 0.6 is 12.9 Å². The largest absolute Gasteiger partial charge is 0.481 e. The Balaban J connectivity index is 2.45. The molecule has 80 valence electrons. The molecule has 0 fully saturated rings. The average Bonchev–Trinajstić information content (AvgIpc) is 2.15. The highest BCUT2D eigenvalue weighted by atomic mass is 32.1. The number of aliphatic hydroxyl groups is 1. The Bertz CT molecular complexity index is 247. The molecule has 2 atom stereocenters. The molecule has 1 rings (SSSR count). The van der Waals surface area contributed by atoms with Crippen LogP contribution < -0.4 is 10.7 Å². The summed E-state index contributed by atoms with van der Waals surface area (Å²) in [5.41, 5.74) is 2.83. The molecular formula is C6H11N3O4S. The lowest BCUT2D eigenvalue weighted by atomic mass is 10.2. The van der Waals surface area contributed by atoms with Crippen LogP contribution in [0.25, 0.3) is 0 Å². The molecule has 0 saturated carbocycles. The molecule has 0 saturated heterocycles. The first-order valence-corrected chi connectivity index (χ1v) is 4.28. The predicted octanol–water partition coefficient (Wildman–Crippen LogP) is -1.14. The maximum Gasteiger partial charge on any atom is 0.303 e. The molecule has 0 aliphatic carbocycles. The third-order valence-electron chi connectivity index (χ3n) is 1.65. The van der Waals surface area contributed by atoms with Gasteiger partial charge in [0.05, 0.1) is 12.1 Å². The van der Waals surface area contributed by atoms with Gasteiger partial charge in [-0.1, -0.05) is 0 Å². The summed E-state index contributed by atoms with van der Waals surface area (Å²) in [4.78, 5) is 10.3. The Morgan fingerprint density at radius 2 is 2.43 bits per heavy atom. The number of carboxylic acid groups (broad SMARTS) is 1. The minimum atomic E-state index is -1.01. The molecule has 4 N–H and O–H groups in total. The minimum Gasteiger partial charge on any atom is -0.481 e. The fourth-order valence-electron chi connectivity index (χ4n) is 0.961. The van der Waals surface area contributed by atoms with Crippen molar-refractivity contribution in [3.63, 3.8) is 0 Å². The molecule has 1 aliphatic heterocycles. The molecule has 7 nitrogen and oxygen atoms in total. The number of hydrogen-bond donors (Lipinski definition) is 5. The van der Waals surface area contributed by atoms with E-state index in [1.807, 2.05) is 0 Å². The van der Waals surface area contributed by atoms with Gasteiger partial charge < -0.3 is 10.2 Å². The summed E-state index contributed by atoms with van der Waals surface area (Å²) < 4.78 is 4.52. The maximum atomic E-state index is 10.3. The van der Waals surface area contributed by atoms with Crippen molar-refractivity contribution in [3.05, 3.63) is 0 Å². The standard InChI is InChI=1S/C6H11N3O4S/c10-4(11)2-1-3-5(12)7-6(13-14)9-8-3/h5-7,9,12,14H,1-2H2,(H,10,11). The number of thiol groups is 1. The second-order valence-electron chi connectivity index (χ2n) is 2.68. The smallest absolute Gasteiger partial charge is 0.303 e. The molecule has 0 spiro atoms. The lowest BCUT2D eigenvalue weighted by Crippen LogP contribution is -2.54. The van der Waals surface area contributed by atoms with E-state index < -0.39 is 18.5 Å². The van der Waals surface area contributed by atoms with E-state index in [0.29, 0.717) is 5.71 Å². The zero-order valence-corrected chi connectivity index (χ0v) is 8.07. The molecule has 14 heavy (non-hydrogen) atoms. The normalized spacial score (nSPS) is 26.6. The summed E-state index contributed by atoms with van der Waals surface area (Å²) in [5.74, 6) is -0.938. The van der Waals surface area contributed by atoms with Crippen molar-refractivity contribution < 1.29 is 19.2 Å². The Kier molecular flexibility index (Phi) is 4.14. The molecule has 1 aliphatic rings. The maximum absolute atomic E-state index is 10.3. The van der Waals surface area contributed by atoms with Crippen molar-refractivity contribution in [2.45, 2.75) is 25.4 Å². The van der Waals surface area contributed by atoms with Gasteiger partial charge in [0.1, 0.15) is 6.23 Å². The average molecular weight is 221 g/mol. The van der Waals surface area contributed by atoms with E-state index in [4.69, 9.17) is 5.11 Å². The lowest BCUT2D eigenvalue weighted by molar-refractivity contribution is -0.136. The van der Waals surface area contributed by atoms with Crippen LogP contribution in [0, 0.1) is 0 Å². The van der Waals surface area contributed by atoms with E-state index in [1.165, 1.54) is 0 Å². The summed E-state index contributed by atoms with van der Waals surface area (Å²) in [6, 6.07) is 0. The van der Waals surface area contributed by atoms with E-state index in [1.54, 1.807) is 0 Å². The lowest BCUT2D eigenvalue weighted by Gasteiger charge is -2.26. The first kappa shape index (κ1) is 11.2.